The second-order valence-corrected chi connectivity index (χ2v) is 13.7. The molecule has 1 aliphatic carbocycles. The van der Waals surface area contributed by atoms with Crippen molar-refractivity contribution in [1.82, 2.24) is 9.97 Å². The third kappa shape index (κ3) is 7.18. The zero-order chi connectivity index (χ0) is 36.8. The lowest BCUT2D eigenvalue weighted by molar-refractivity contribution is 0.936. The molecule has 4 nitrogen and oxygen atoms in total. The summed E-state index contributed by atoms with van der Waals surface area (Å²) in [6.07, 6.45) is 9.89. The average Bonchev–Trinajstić information content (AvgIpc) is 3.55. The lowest BCUT2D eigenvalue weighted by atomic mass is 10.0. The predicted molar refractivity (Wildman–Crippen MR) is 230 cm³/mol. The van der Waals surface area contributed by atoms with Gasteiger partial charge in [-0.2, -0.15) is 0 Å². The fourth-order valence-corrected chi connectivity index (χ4v) is 7.42. The maximum absolute atomic E-state index is 5.26. The monoisotopic (exact) mass is 708 g/mol. The fourth-order valence-electron chi connectivity index (χ4n) is 7.42. The maximum Gasteiger partial charge on any atom is 0.0973 e. The van der Waals surface area contributed by atoms with E-state index in [1.165, 1.54) is 11.4 Å². The summed E-state index contributed by atoms with van der Waals surface area (Å²) >= 11 is 0. The van der Waals surface area contributed by atoms with Crippen LogP contribution in [0, 0.1) is 0 Å². The van der Waals surface area contributed by atoms with E-state index >= 15 is 0 Å². The first-order chi connectivity index (χ1) is 27.3. The van der Waals surface area contributed by atoms with Gasteiger partial charge in [-0.3, -0.25) is 0 Å². The van der Waals surface area contributed by atoms with Gasteiger partial charge in [0.1, 0.15) is 0 Å². The van der Waals surface area contributed by atoms with Crippen molar-refractivity contribution in [2.45, 2.75) is 19.3 Å². The number of hydrogen-bond acceptors (Lipinski definition) is 4. The van der Waals surface area contributed by atoms with E-state index in [4.69, 9.17) is 9.97 Å². The summed E-state index contributed by atoms with van der Waals surface area (Å²) in [7, 11) is 0. The largest absolute Gasteiger partial charge is 0.315 e. The van der Waals surface area contributed by atoms with Crippen LogP contribution in [-0.4, -0.2) is 9.97 Å². The van der Waals surface area contributed by atoms with Gasteiger partial charge in [0.2, 0.25) is 0 Å². The number of fused-ring (bicyclic) bond motifs is 1. The lowest BCUT2D eigenvalue weighted by Crippen LogP contribution is -2.16. The zero-order valence-electron chi connectivity index (χ0n) is 30.5. The van der Waals surface area contributed by atoms with Crippen LogP contribution in [0.5, 0.6) is 0 Å². The Morgan fingerprint density at radius 1 is 0.364 bits per heavy atom. The summed E-state index contributed by atoms with van der Waals surface area (Å²) in [4.78, 5) is 15.2. The second kappa shape index (κ2) is 15.5. The van der Waals surface area contributed by atoms with Crippen LogP contribution in [0.4, 0.5) is 28.4 Å². The van der Waals surface area contributed by atoms with E-state index in [0.29, 0.717) is 0 Å². The molecule has 0 saturated heterocycles. The van der Waals surface area contributed by atoms with Crippen molar-refractivity contribution in [2.75, 3.05) is 9.80 Å². The van der Waals surface area contributed by atoms with Crippen molar-refractivity contribution >= 4 is 39.5 Å². The molecule has 0 bridgehead atoms. The Bertz CT molecular complexity index is 2580. The van der Waals surface area contributed by atoms with Crippen LogP contribution >= 0.6 is 0 Å². The van der Waals surface area contributed by atoms with E-state index in [2.05, 4.69) is 204 Å². The minimum absolute atomic E-state index is 0.859. The number of allylic oxidation sites excluding steroid dienone is 4. The van der Waals surface area contributed by atoms with Crippen molar-refractivity contribution in [3.05, 3.63) is 212 Å². The molecule has 0 unspecified atom stereocenters. The first kappa shape index (κ1) is 33.8. The van der Waals surface area contributed by atoms with Gasteiger partial charge in [0, 0.05) is 45.3 Å². The van der Waals surface area contributed by atoms with Gasteiger partial charge in [0.15, 0.2) is 0 Å². The molecule has 0 aliphatic heterocycles. The van der Waals surface area contributed by atoms with Crippen LogP contribution in [0.1, 0.15) is 19.3 Å². The van der Waals surface area contributed by atoms with Crippen LogP contribution < -0.4 is 9.80 Å². The lowest BCUT2D eigenvalue weighted by Gasteiger charge is -2.29. The van der Waals surface area contributed by atoms with E-state index in [0.717, 1.165) is 86.7 Å². The van der Waals surface area contributed by atoms with E-state index < -0.39 is 0 Å². The topological polar surface area (TPSA) is 32.3 Å². The molecule has 0 N–H and O–H groups in total. The number of rotatable bonds is 9. The van der Waals surface area contributed by atoms with E-state index in [1.807, 2.05) is 12.1 Å². The predicted octanol–water partition coefficient (Wildman–Crippen LogP) is 13.9. The van der Waals surface area contributed by atoms with Crippen molar-refractivity contribution in [1.29, 1.82) is 0 Å². The van der Waals surface area contributed by atoms with E-state index in [-0.39, 0.29) is 0 Å². The summed E-state index contributed by atoms with van der Waals surface area (Å²) < 4.78 is 0. The summed E-state index contributed by atoms with van der Waals surface area (Å²) in [5, 5.41) is 0. The molecule has 1 aromatic heterocycles. The molecular weight excluding hydrogens is 669 g/mol. The second-order valence-electron chi connectivity index (χ2n) is 13.7. The van der Waals surface area contributed by atoms with E-state index in [1.54, 1.807) is 0 Å². The molecule has 7 aromatic carbocycles. The normalized spacial score (nSPS) is 12.5. The van der Waals surface area contributed by atoms with E-state index in [9.17, 15) is 0 Å². The highest BCUT2D eigenvalue weighted by Gasteiger charge is 2.19. The van der Waals surface area contributed by atoms with Gasteiger partial charge >= 0.3 is 0 Å². The molecule has 1 heterocycles. The Morgan fingerprint density at radius 2 is 0.818 bits per heavy atom. The SMILES string of the molecule is C1=CCCC(N(c2ccccc2)c2ccc(N(c3ccccc3)c3ccc(-c4nc5ccc(-c6ccccc6)cc5nc4-c4ccccc4)cc3)cc2)=CC1. The quantitative estimate of drug-likeness (QED) is 0.140. The van der Waals surface area contributed by atoms with Crippen LogP contribution in [0.2, 0.25) is 0 Å². The molecule has 0 spiro atoms. The minimum atomic E-state index is 0.859. The zero-order valence-corrected chi connectivity index (χ0v) is 30.5. The molecule has 264 valence electrons. The molecule has 9 rings (SSSR count). The Morgan fingerprint density at radius 3 is 1.44 bits per heavy atom. The number of para-hydroxylation sites is 2. The minimum Gasteiger partial charge on any atom is -0.315 e. The Kier molecular flexibility index (Phi) is 9.53. The third-order valence-corrected chi connectivity index (χ3v) is 10.1. The summed E-state index contributed by atoms with van der Waals surface area (Å²) in [6.45, 7) is 0. The number of hydrogen-bond donors (Lipinski definition) is 0. The highest BCUT2D eigenvalue weighted by atomic mass is 15.2. The maximum atomic E-state index is 5.26. The van der Waals surface area contributed by atoms with Crippen LogP contribution in [0.3, 0.4) is 0 Å². The molecule has 0 radical (unpaired) electrons. The van der Waals surface area contributed by atoms with Crippen LogP contribution in [0.25, 0.3) is 44.7 Å². The summed E-state index contributed by atoms with van der Waals surface area (Å²) in [6, 6.07) is 66.1. The van der Waals surface area contributed by atoms with Crippen molar-refractivity contribution in [2.24, 2.45) is 0 Å². The van der Waals surface area contributed by atoms with Crippen molar-refractivity contribution in [3.8, 4) is 33.6 Å². The van der Waals surface area contributed by atoms with Crippen LogP contribution in [0.15, 0.2) is 212 Å². The highest BCUT2D eigenvalue weighted by Crippen LogP contribution is 2.40. The van der Waals surface area contributed by atoms with Crippen molar-refractivity contribution in [3.63, 3.8) is 0 Å². The van der Waals surface area contributed by atoms with Gasteiger partial charge in [-0.05, 0) is 103 Å². The molecule has 0 atom stereocenters. The van der Waals surface area contributed by atoms with Crippen LogP contribution in [-0.2, 0) is 0 Å². The first-order valence-corrected chi connectivity index (χ1v) is 19.0. The van der Waals surface area contributed by atoms with Gasteiger partial charge in [-0.1, -0.05) is 133 Å². The van der Waals surface area contributed by atoms with Gasteiger partial charge in [0.25, 0.3) is 0 Å². The fraction of sp³-hybridized carbons (Fsp3) is 0.0588. The molecular formula is C51H40N4. The molecule has 0 fully saturated rings. The first-order valence-electron chi connectivity index (χ1n) is 19.0. The summed E-state index contributed by atoms with van der Waals surface area (Å²) in [5.74, 6) is 0. The molecule has 8 aromatic rings. The number of benzene rings is 7. The third-order valence-electron chi connectivity index (χ3n) is 10.1. The number of aromatic nitrogens is 2. The molecule has 0 saturated carbocycles. The molecule has 55 heavy (non-hydrogen) atoms. The smallest absolute Gasteiger partial charge is 0.0973 e. The number of nitrogens with zero attached hydrogens (tertiary/aromatic N) is 4. The standard InChI is InChI=1S/C51H40N4/c1-2-12-22-42(21-11-1)54(43-23-13-5-14-24-43)46-32-34-47(35-33-46)55(44-25-15-6-16-26-44)45-30-27-40(28-31-45)51-50(39-19-9-4-10-20-39)53-49-37-41(29-36-48(49)52-51)38-17-7-3-8-18-38/h1-10,13-21,23-37H,11-12,22H2. The van der Waals surface area contributed by atoms with Gasteiger partial charge in [-0.25, -0.2) is 9.97 Å². The Balaban J connectivity index is 1.09. The van der Waals surface area contributed by atoms with Gasteiger partial charge in [0.05, 0.1) is 22.4 Å². The molecule has 0 amide bonds. The highest BCUT2D eigenvalue weighted by molar-refractivity contribution is 5.89. The van der Waals surface area contributed by atoms with Gasteiger partial charge in [-0.15, -0.1) is 0 Å². The molecule has 1 aliphatic rings. The number of anilines is 5. The van der Waals surface area contributed by atoms with Crippen molar-refractivity contribution < 1.29 is 0 Å². The molecule has 4 heteroatoms. The summed E-state index contributed by atoms with van der Waals surface area (Å²) in [5.41, 5.74) is 14.7. The Labute approximate surface area is 323 Å². The average molecular weight is 709 g/mol. The van der Waals surface area contributed by atoms with Gasteiger partial charge < -0.3 is 9.80 Å². The Hall–Kier alpha value is -7.04.